The number of rotatable bonds is 6. The fourth-order valence-electron chi connectivity index (χ4n) is 7.40. The van der Waals surface area contributed by atoms with Gasteiger partial charge in [-0.1, -0.05) is 32.0 Å². The summed E-state index contributed by atoms with van der Waals surface area (Å²) in [6.07, 6.45) is 5.02. The van der Waals surface area contributed by atoms with Crippen LogP contribution in [0.4, 0.5) is 10.2 Å². The Morgan fingerprint density at radius 3 is 2.56 bits per heavy atom. The van der Waals surface area contributed by atoms with Gasteiger partial charge in [-0.2, -0.15) is 0 Å². The van der Waals surface area contributed by atoms with Crippen molar-refractivity contribution in [1.82, 2.24) is 14.7 Å². The van der Waals surface area contributed by atoms with E-state index in [-0.39, 0.29) is 23.6 Å². The van der Waals surface area contributed by atoms with Gasteiger partial charge in [0.1, 0.15) is 23.0 Å². The summed E-state index contributed by atoms with van der Waals surface area (Å²) in [5.41, 5.74) is 5.20. The molecule has 9 nitrogen and oxygen atoms in total. The number of aliphatic carboxylic acids is 1. The number of ether oxygens (including phenoxy) is 3. The number of carboxylic acids is 1. The summed E-state index contributed by atoms with van der Waals surface area (Å²) in [6.45, 7) is 18.6. The number of piperidine rings is 1. The van der Waals surface area contributed by atoms with Gasteiger partial charge in [0, 0.05) is 60.7 Å². The number of halogens is 1. The molecule has 2 N–H and O–H groups in total. The lowest BCUT2D eigenvalue weighted by molar-refractivity contribution is -0.160. The van der Waals surface area contributed by atoms with Gasteiger partial charge in [0.2, 0.25) is 0 Å². The molecule has 2 aromatic carbocycles. The zero-order valence-electron chi connectivity index (χ0n) is 32.0. The second-order valence-corrected chi connectivity index (χ2v) is 16.1. The van der Waals surface area contributed by atoms with Gasteiger partial charge >= 0.3 is 5.97 Å². The Morgan fingerprint density at radius 2 is 1.87 bits per heavy atom. The minimum absolute atomic E-state index is 0.0547. The summed E-state index contributed by atoms with van der Waals surface area (Å²) in [4.78, 5) is 20.8. The maximum absolute atomic E-state index is 14.8. The van der Waals surface area contributed by atoms with Crippen LogP contribution in [0.2, 0.25) is 0 Å². The van der Waals surface area contributed by atoms with Crippen molar-refractivity contribution in [2.75, 3.05) is 24.6 Å². The van der Waals surface area contributed by atoms with Gasteiger partial charge in [0.25, 0.3) is 0 Å². The van der Waals surface area contributed by atoms with Crippen LogP contribution in [-0.4, -0.2) is 63.5 Å². The molecule has 3 aliphatic rings. The van der Waals surface area contributed by atoms with Gasteiger partial charge in [0.05, 0.1) is 23.0 Å². The van der Waals surface area contributed by atoms with E-state index >= 15 is 0 Å². The Hall–Kier alpha value is -3.99. The van der Waals surface area contributed by atoms with Gasteiger partial charge in [-0.05, 0) is 109 Å². The SMILES string of the molecule is Cc1c(C(OC(C)(C)C)C(=O)O)c2n3cc(nc3c1CNC(C)C)-c1cccc(c1)-c1cc(F)ccc1OC(C)CCCCOC1(C)CCN2CC1. The highest BCUT2D eigenvalue weighted by Crippen LogP contribution is 2.42. The molecule has 0 amide bonds. The molecule has 4 aromatic rings. The molecule has 10 heteroatoms. The summed E-state index contributed by atoms with van der Waals surface area (Å²) in [5, 5.41) is 14.3. The van der Waals surface area contributed by atoms with E-state index in [1.165, 1.54) is 12.1 Å². The first-order valence-corrected chi connectivity index (χ1v) is 18.8. The van der Waals surface area contributed by atoms with Crippen LogP contribution in [0.1, 0.15) is 103 Å². The normalized spacial score (nSPS) is 20.6. The minimum atomic E-state index is -1.21. The number of hydrogen-bond acceptors (Lipinski definition) is 7. The highest BCUT2D eigenvalue weighted by atomic mass is 19.1. The molecule has 6 bridgehead atoms. The number of pyridine rings is 1. The fraction of sp³-hybridized carbons (Fsp3) is 0.524. The Kier molecular flexibility index (Phi) is 11.0. The van der Waals surface area contributed by atoms with E-state index in [2.05, 4.69) is 42.3 Å². The average molecular weight is 715 g/mol. The van der Waals surface area contributed by atoms with Crippen molar-refractivity contribution in [2.45, 2.75) is 123 Å². The van der Waals surface area contributed by atoms with Gasteiger partial charge in [-0.25, -0.2) is 14.2 Å². The number of carbonyl (C=O) groups is 1. The largest absolute Gasteiger partial charge is 0.490 e. The number of nitrogens with zero attached hydrogens (tertiary/aromatic N) is 3. The van der Waals surface area contributed by atoms with Crippen LogP contribution in [-0.2, 0) is 20.8 Å². The highest BCUT2D eigenvalue weighted by Gasteiger charge is 2.38. The lowest BCUT2D eigenvalue weighted by atomic mass is 9.91. The lowest BCUT2D eigenvalue weighted by Crippen LogP contribution is -2.45. The topological polar surface area (TPSA) is 97.6 Å². The van der Waals surface area contributed by atoms with Crippen molar-refractivity contribution in [3.8, 4) is 28.1 Å². The van der Waals surface area contributed by atoms with E-state index in [1.807, 2.05) is 58.2 Å². The summed E-state index contributed by atoms with van der Waals surface area (Å²) < 4.78 is 36.2. The van der Waals surface area contributed by atoms with Gasteiger partial charge in [-0.3, -0.25) is 4.40 Å². The third kappa shape index (κ3) is 8.29. The third-order valence-electron chi connectivity index (χ3n) is 10.3. The predicted molar refractivity (Wildman–Crippen MR) is 204 cm³/mol. The third-order valence-corrected chi connectivity index (χ3v) is 10.3. The zero-order valence-corrected chi connectivity index (χ0v) is 32.0. The molecule has 3 aliphatic heterocycles. The molecular weight excluding hydrogens is 659 g/mol. The Balaban J connectivity index is 1.61. The first-order chi connectivity index (χ1) is 24.6. The van der Waals surface area contributed by atoms with E-state index in [0.717, 1.165) is 71.5 Å². The molecule has 0 aliphatic carbocycles. The Bertz CT molecular complexity index is 1910. The summed E-state index contributed by atoms with van der Waals surface area (Å²) in [6, 6.07) is 12.8. The number of aromatic nitrogens is 2. The van der Waals surface area contributed by atoms with Crippen LogP contribution in [0.25, 0.3) is 28.0 Å². The number of hydrogen-bond donors (Lipinski definition) is 2. The molecule has 7 rings (SSSR count). The van der Waals surface area contributed by atoms with E-state index < -0.39 is 17.7 Å². The van der Waals surface area contributed by atoms with Gasteiger partial charge < -0.3 is 29.5 Å². The minimum Gasteiger partial charge on any atom is -0.490 e. The van der Waals surface area contributed by atoms with Crippen molar-refractivity contribution in [2.24, 2.45) is 0 Å². The maximum atomic E-state index is 14.8. The molecule has 2 atom stereocenters. The van der Waals surface area contributed by atoms with Crippen molar-refractivity contribution < 1.29 is 28.5 Å². The second-order valence-electron chi connectivity index (χ2n) is 16.1. The molecule has 52 heavy (non-hydrogen) atoms. The molecule has 0 radical (unpaired) electrons. The first-order valence-electron chi connectivity index (χ1n) is 18.8. The fourth-order valence-corrected chi connectivity index (χ4v) is 7.40. The number of fused-ring (bicyclic) bond motifs is 8. The van der Waals surface area contributed by atoms with E-state index in [0.29, 0.717) is 43.1 Å². The van der Waals surface area contributed by atoms with Crippen molar-refractivity contribution in [3.05, 3.63) is 71.2 Å². The van der Waals surface area contributed by atoms with Crippen LogP contribution >= 0.6 is 0 Å². The summed E-state index contributed by atoms with van der Waals surface area (Å²) in [7, 11) is 0. The number of benzene rings is 2. The Labute approximate surface area is 307 Å². The average Bonchev–Trinajstić information content (AvgIpc) is 3.52. The number of carboxylic acid groups (broad SMARTS) is 1. The van der Waals surface area contributed by atoms with Crippen LogP contribution in [0.5, 0.6) is 5.75 Å². The van der Waals surface area contributed by atoms with E-state index in [1.54, 1.807) is 6.07 Å². The van der Waals surface area contributed by atoms with Crippen LogP contribution in [0.3, 0.4) is 0 Å². The van der Waals surface area contributed by atoms with Crippen LogP contribution in [0, 0.1) is 12.7 Å². The number of imidazole rings is 1. The molecule has 1 saturated heterocycles. The van der Waals surface area contributed by atoms with E-state index in [4.69, 9.17) is 19.2 Å². The van der Waals surface area contributed by atoms with Crippen molar-refractivity contribution >= 4 is 17.4 Å². The quantitative estimate of drug-likeness (QED) is 0.205. The number of nitrogens with one attached hydrogen (secondary N) is 1. The molecule has 280 valence electrons. The Morgan fingerprint density at radius 1 is 1.13 bits per heavy atom. The van der Waals surface area contributed by atoms with Gasteiger partial charge in [-0.15, -0.1) is 0 Å². The van der Waals surface area contributed by atoms with E-state index in [9.17, 15) is 14.3 Å². The summed E-state index contributed by atoms with van der Waals surface area (Å²) in [5.74, 6) is 0.0346. The standard InChI is InChI=1S/C42H55FN4O5/c1-26(2)44-24-33-28(4)36(37(40(48)49)52-41(5,6)7)39-46-19-17-42(8,18-20-46)50-21-10-9-12-27(3)51-35-16-15-31(43)23-32(35)29-13-11-14-30(22-29)34-25-47(39)38(33)45-34/h11,13-16,22-23,25-27,37,44H,9-10,12,17-21,24H2,1-8H3,(H,48,49). The first kappa shape index (κ1) is 37.8. The molecule has 5 heterocycles. The molecular formula is C42H55FN4O5. The monoisotopic (exact) mass is 714 g/mol. The molecule has 2 unspecified atom stereocenters. The predicted octanol–water partition coefficient (Wildman–Crippen LogP) is 8.88. The van der Waals surface area contributed by atoms with Crippen LogP contribution < -0.4 is 15.0 Å². The maximum Gasteiger partial charge on any atom is 0.337 e. The van der Waals surface area contributed by atoms with Gasteiger partial charge in [0.15, 0.2) is 6.10 Å². The van der Waals surface area contributed by atoms with Crippen LogP contribution in [0.15, 0.2) is 48.7 Å². The lowest BCUT2D eigenvalue weighted by Gasteiger charge is -2.42. The molecule has 2 aromatic heterocycles. The zero-order chi connectivity index (χ0) is 37.4. The van der Waals surface area contributed by atoms with Crippen molar-refractivity contribution in [1.29, 1.82) is 0 Å². The molecule has 1 fully saturated rings. The smallest absolute Gasteiger partial charge is 0.337 e. The second kappa shape index (κ2) is 15.2. The van der Waals surface area contributed by atoms with Crippen molar-refractivity contribution in [3.63, 3.8) is 0 Å². The highest BCUT2D eigenvalue weighted by molar-refractivity contribution is 5.82. The number of anilines is 1. The molecule has 0 spiro atoms. The molecule has 0 saturated carbocycles. The summed E-state index contributed by atoms with van der Waals surface area (Å²) >= 11 is 0.